The number of nitrogens with two attached hydrogens (primary N) is 2. The molecule has 0 aliphatic carbocycles. The van der Waals surface area contributed by atoms with Crippen molar-refractivity contribution in [2.45, 2.75) is 38.1 Å². The second-order valence-corrected chi connectivity index (χ2v) is 11.4. The third-order valence-electron chi connectivity index (χ3n) is 7.54. The maximum atomic E-state index is 13.2. The van der Waals surface area contributed by atoms with Gasteiger partial charge in [-0.05, 0) is 58.0 Å². The molecule has 8 nitrogen and oxygen atoms in total. The Kier molecular flexibility index (Phi) is 8.48. The fraction of sp³-hybridized carbons (Fsp3) is 0.300. The summed E-state index contributed by atoms with van der Waals surface area (Å²) >= 11 is 8.28. The molecule has 5 N–H and O–H groups in total. The Labute approximate surface area is 242 Å². The first-order valence-corrected chi connectivity index (χ1v) is 14.5. The number of aliphatic hydroxyl groups is 1. The van der Waals surface area contributed by atoms with Gasteiger partial charge in [0.1, 0.15) is 11.4 Å². The predicted octanol–water partition coefficient (Wildman–Crippen LogP) is 4.16. The third-order valence-corrected chi connectivity index (χ3v) is 8.57. The number of aromatic nitrogens is 2. The molecule has 208 valence electrons. The molecule has 2 aromatic carbocycles. The fourth-order valence-electron chi connectivity index (χ4n) is 5.10. The fourth-order valence-corrected chi connectivity index (χ4v) is 6.01. The minimum absolute atomic E-state index is 0.00702. The van der Waals surface area contributed by atoms with Crippen LogP contribution < -0.4 is 17.0 Å². The molecule has 3 heterocycles. The molecule has 2 aromatic heterocycles. The van der Waals surface area contributed by atoms with E-state index in [1.807, 2.05) is 30.3 Å². The molecule has 0 amide bonds. The van der Waals surface area contributed by atoms with Crippen molar-refractivity contribution in [2.75, 3.05) is 25.9 Å². The van der Waals surface area contributed by atoms with Gasteiger partial charge >= 0.3 is 0 Å². The summed E-state index contributed by atoms with van der Waals surface area (Å²) < 4.78 is 1.40. The number of nitrogens with zero attached hydrogens (tertiary/aromatic N) is 4. The maximum absolute atomic E-state index is 13.2. The Hall–Kier alpha value is -3.34. The molecular weight excluding hydrogens is 544 g/mol. The minimum Gasteiger partial charge on any atom is -0.392 e. The SMILES string of the molecule is CN=C(c1ccc(CN)cc1)c1ncn(CC2(O)CCN(Cc3ccc(-c4ccsc4)cc3Cl)CC2)c(=O)c1N. The zero-order valence-corrected chi connectivity index (χ0v) is 24.0. The van der Waals surface area contributed by atoms with Crippen molar-refractivity contribution in [3.8, 4) is 11.1 Å². The molecule has 1 aliphatic rings. The molecule has 0 saturated carbocycles. The number of likely N-dealkylation sites (tertiary alicyclic amines) is 1. The highest BCUT2D eigenvalue weighted by Gasteiger charge is 2.33. The lowest BCUT2D eigenvalue weighted by Gasteiger charge is -2.38. The van der Waals surface area contributed by atoms with E-state index in [0.717, 1.165) is 27.3 Å². The van der Waals surface area contributed by atoms with Gasteiger partial charge < -0.3 is 16.6 Å². The summed E-state index contributed by atoms with van der Waals surface area (Å²) in [6, 6.07) is 15.9. The summed E-state index contributed by atoms with van der Waals surface area (Å²) in [5.74, 6) is 0. The van der Waals surface area contributed by atoms with Gasteiger partial charge in [0, 0.05) is 43.8 Å². The summed E-state index contributed by atoms with van der Waals surface area (Å²) in [6.45, 7) is 2.62. The first kappa shape index (κ1) is 28.2. The summed E-state index contributed by atoms with van der Waals surface area (Å²) in [4.78, 5) is 24.3. The lowest BCUT2D eigenvalue weighted by Crippen LogP contribution is -2.48. The topological polar surface area (TPSA) is 123 Å². The zero-order valence-electron chi connectivity index (χ0n) is 22.4. The van der Waals surface area contributed by atoms with Gasteiger partial charge in [-0.2, -0.15) is 11.3 Å². The van der Waals surface area contributed by atoms with Crippen molar-refractivity contribution in [1.29, 1.82) is 0 Å². The zero-order chi connectivity index (χ0) is 28.3. The predicted molar refractivity (Wildman–Crippen MR) is 163 cm³/mol. The molecule has 4 aromatic rings. The lowest BCUT2D eigenvalue weighted by atomic mass is 9.91. The molecule has 1 aliphatic heterocycles. The van der Waals surface area contributed by atoms with Crippen molar-refractivity contribution in [2.24, 2.45) is 10.7 Å². The van der Waals surface area contributed by atoms with E-state index >= 15 is 0 Å². The summed E-state index contributed by atoms with van der Waals surface area (Å²) in [5, 5.41) is 16.3. The largest absolute Gasteiger partial charge is 0.392 e. The van der Waals surface area contributed by atoms with E-state index < -0.39 is 11.2 Å². The van der Waals surface area contributed by atoms with E-state index in [1.54, 1.807) is 18.4 Å². The number of thiophene rings is 1. The Morgan fingerprint density at radius 1 is 1.15 bits per heavy atom. The second kappa shape index (κ2) is 12.0. The highest BCUT2D eigenvalue weighted by atomic mass is 35.5. The van der Waals surface area contributed by atoms with E-state index in [1.165, 1.54) is 16.5 Å². The van der Waals surface area contributed by atoms with Crippen LogP contribution in [0.1, 0.15) is 35.2 Å². The van der Waals surface area contributed by atoms with Gasteiger partial charge in [0.2, 0.25) is 0 Å². The number of aliphatic imine (C=N–C) groups is 1. The number of nitrogen functional groups attached to an aromatic ring is 1. The monoisotopic (exact) mass is 576 g/mol. The smallest absolute Gasteiger partial charge is 0.277 e. The number of hydrogen-bond donors (Lipinski definition) is 3. The Morgan fingerprint density at radius 2 is 1.90 bits per heavy atom. The highest BCUT2D eigenvalue weighted by Crippen LogP contribution is 2.30. The number of rotatable bonds is 8. The average molecular weight is 577 g/mol. The highest BCUT2D eigenvalue weighted by molar-refractivity contribution is 7.08. The van der Waals surface area contributed by atoms with Crippen LogP contribution in [0.15, 0.2) is 75.4 Å². The molecule has 1 fully saturated rings. The van der Waals surface area contributed by atoms with Crippen molar-refractivity contribution < 1.29 is 5.11 Å². The molecule has 0 unspecified atom stereocenters. The van der Waals surface area contributed by atoms with E-state index in [4.69, 9.17) is 23.1 Å². The molecule has 40 heavy (non-hydrogen) atoms. The van der Waals surface area contributed by atoms with Gasteiger partial charge in [-0.25, -0.2) is 4.98 Å². The van der Waals surface area contributed by atoms with Gasteiger partial charge in [-0.3, -0.25) is 19.3 Å². The van der Waals surface area contributed by atoms with Crippen LogP contribution >= 0.6 is 22.9 Å². The summed E-state index contributed by atoms with van der Waals surface area (Å²) in [7, 11) is 1.64. The number of hydrogen-bond acceptors (Lipinski definition) is 8. The van der Waals surface area contributed by atoms with Crippen LogP contribution in [0.25, 0.3) is 11.1 Å². The number of piperidine rings is 1. The molecule has 0 bridgehead atoms. The summed E-state index contributed by atoms with van der Waals surface area (Å²) in [5.41, 5.74) is 16.5. The van der Waals surface area contributed by atoms with Crippen molar-refractivity contribution in [3.05, 3.63) is 103 Å². The van der Waals surface area contributed by atoms with Crippen molar-refractivity contribution in [3.63, 3.8) is 0 Å². The molecule has 1 saturated heterocycles. The minimum atomic E-state index is -1.04. The number of halogens is 1. The Bertz CT molecular complexity index is 1560. The van der Waals surface area contributed by atoms with E-state index in [0.29, 0.717) is 50.4 Å². The van der Waals surface area contributed by atoms with Crippen LogP contribution in [-0.2, 0) is 19.6 Å². The molecular formula is C30H33ClN6O2S. The average Bonchev–Trinajstić information content (AvgIpc) is 3.51. The standard InChI is InChI=1S/C30H33ClN6O2S/c1-34-27(21-4-2-20(15-32)3-5-21)28-26(33)29(38)37(19-35-28)18-30(39)9-11-36(12-10-30)16-23-7-6-22(14-25(23)31)24-8-13-40-17-24/h2-8,13-14,17,19,39H,9-12,15-16,18,32-33H2,1H3. The number of benzene rings is 2. The van der Waals surface area contributed by atoms with Crippen LogP contribution in [0.3, 0.4) is 0 Å². The van der Waals surface area contributed by atoms with Gasteiger partial charge in [0.25, 0.3) is 5.56 Å². The van der Waals surface area contributed by atoms with Crippen LogP contribution in [0.2, 0.25) is 5.02 Å². The quantitative estimate of drug-likeness (QED) is 0.271. The van der Waals surface area contributed by atoms with Crippen molar-refractivity contribution in [1.82, 2.24) is 14.5 Å². The van der Waals surface area contributed by atoms with Gasteiger partial charge in [-0.1, -0.05) is 48.0 Å². The molecule has 0 atom stereocenters. The van der Waals surface area contributed by atoms with Gasteiger partial charge in [0.05, 0.1) is 24.2 Å². The van der Waals surface area contributed by atoms with Gasteiger partial charge in [0.15, 0.2) is 0 Å². The van der Waals surface area contributed by atoms with Crippen LogP contribution in [0, 0.1) is 0 Å². The first-order chi connectivity index (χ1) is 19.3. The Morgan fingerprint density at radius 3 is 2.52 bits per heavy atom. The molecule has 0 spiro atoms. The first-order valence-electron chi connectivity index (χ1n) is 13.2. The number of anilines is 1. The Balaban J connectivity index is 1.24. The van der Waals surface area contributed by atoms with Crippen LogP contribution in [0.4, 0.5) is 5.69 Å². The van der Waals surface area contributed by atoms with Crippen LogP contribution in [-0.4, -0.2) is 51.0 Å². The van der Waals surface area contributed by atoms with E-state index in [2.05, 4.69) is 43.8 Å². The normalized spacial score (nSPS) is 15.8. The molecule has 0 radical (unpaired) electrons. The lowest BCUT2D eigenvalue weighted by molar-refractivity contribution is -0.0365. The molecule has 5 rings (SSSR count). The van der Waals surface area contributed by atoms with Crippen molar-refractivity contribution >= 4 is 34.3 Å². The van der Waals surface area contributed by atoms with Crippen LogP contribution in [0.5, 0.6) is 0 Å². The van der Waals surface area contributed by atoms with E-state index in [-0.39, 0.29) is 12.2 Å². The molecule has 10 heteroatoms. The van der Waals surface area contributed by atoms with Gasteiger partial charge in [-0.15, -0.1) is 0 Å². The summed E-state index contributed by atoms with van der Waals surface area (Å²) in [6.07, 6.45) is 2.48. The second-order valence-electron chi connectivity index (χ2n) is 10.2. The van der Waals surface area contributed by atoms with E-state index in [9.17, 15) is 9.90 Å². The maximum Gasteiger partial charge on any atom is 0.277 e. The third kappa shape index (κ3) is 6.04.